The number of hydrogen-bond acceptors (Lipinski definition) is 4. The quantitative estimate of drug-likeness (QED) is 0.758. The molecule has 4 nitrogen and oxygen atoms in total. The second-order valence-electron chi connectivity index (χ2n) is 6.43. The topological polar surface area (TPSA) is 42.5 Å². The number of hydrazine groups is 1. The summed E-state index contributed by atoms with van der Waals surface area (Å²) in [6, 6.07) is 6.60. The molecule has 1 saturated heterocycles. The maximum absolute atomic E-state index is 6.08. The molecule has 1 fully saturated rings. The molecule has 0 amide bonds. The van der Waals surface area contributed by atoms with E-state index in [0.29, 0.717) is 6.04 Å². The van der Waals surface area contributed by atoms with Crippen LogP contribution in [0.2, 0.25) is 0 Å². The first-order valence-corrected chi connectivity index (χ1v) is 6.81. The lowest BCUT2D eigenvalue weighted by Crippen LogP contribution is -2.41. The predicted octanol–water partition coefficient (Wildman–Crippen LogP) is 1.98. The van der Waals surface area contributed by atoms with Crippen molar-refractivity contribution >= 4 is 18.3 Å². The molecule has 1 aromatic carbocycles. The molecule has 2 aliphatic heterocycles. The van der Waals surface area contributed by atoms with Crippen LogP contribution in [-0.4, -0.2) is 18.3 Å². The highest BCUT2D eigenvalue weighted by Crippen LogP contribution is 2.37. The standard InChI is InChI=1S/C14H21BN2O2/c1-9-11-8-10(6-7-12(11)17-16-9)15-18-13(2,3)14(4,5)19-15/h6-9,16-17H,1-5H3. The van der Waals surface area contributed by atoms with Crippen LogP contribution in [0.15, 0.2) is 18.2 Å². The molecule has 19 heavy (non-hydrogen) atoms. The van der Waals surface area contributed by atoms with E-state index in [-0.39, 0.29) is 18.3 Å². The summed E-state index contributed by atoms with van der Waals surface area (Å²) in [6.45, 7) is 10.4. The summed E-state index contributed by atoms with van der Waals surface area (Å²) in [4.78, 5) is 0. The summed E-state index contributed by atoms with van der Waals surface area (Å²) in [5, 5.41) is 0. The van der Waals surface area contributed by atoms with Gasteiger partial charge in [0.2, 0.25) is 0 Å². The summed E-state index contributed by atoms with van der Waals surface area (Å²) < 4.78 is 12.2. The Labute approximate surface area is 115 Å². The van der Waals surface area contributed by atoms with Crippen molar-refractivity contribution in [2.45, 2.75) is 51.9 Å². The van der Waals surface area contributed by atoms with E-state index >= 15 is 0 Å². The lowest BCUT2D eigenvalue weighted by atomic mass is 9.78. The van der Waals surface area contributed by atoms with Crippen molar-refractivity contribution in [1.82, 2.24) is 5.43 Å². The van der Waals surface area contributed by atoms with E-state index in [9.17, 15) is 0 Å². The summed E-state index contributed by atoms with van der Waals surface area (Å²) in [7, 11) is -0.289. The first kappa shape index (κ1) is 13.0. The Balaban J connectivity index is 1.91. The van der Waals surface area contributed by atoms with Crippen molar-refractivity contribution in [1.29, 1.82) is 0 Å². The third-order valence-electron chi connectivity index (χ3n) is 4.49. The fourth-order valence-corrected chi connectivity index (χ4v) is 2.44. The van der Waals surface area contributed by atoms with E-state index in [1.807, 2.05) is 0 Å². The van der Waals surface area contributed by atoms with Crippen LogP contribution in [0.5, 0.6) is 0 Å². The molecule has 2 aliphatic rings. The number of anilines is 1. The van der Waals surface area contributed by atoms with Crippen molar-refractivity contribution in [2.24, 2.45) is 0 Å². The Morgan fingerprint density at radius 1 is 1.11 bits per heavy atom. The first-order chi connectivity index (χ1) is 8.80. The van der Waals surface area contributed by atoms with Crippen LogP contribution in [0.25, 0.3) is 0 Å². The third kappa shape index (κ3) is 1.97. The van der Waals surface area contributed by atoms with Gasteiger partial charge in [-0.3, -0.25) is 0 Å². The van der Waals surface area contributed by atoms with E-state index in [4.69, 9.17) is 9.31 Å². The van der Waals surface area contributed by atoms with Gasteiger partial charge in [-0.15, -0.1) is 0 Å². The zero-order chi connectivity index (χ0) is 13.8. The van der Waals surface area contributed by atoms with Gasteiger partial charge in [-0.1, -0.05) is 12.1 Å². The fraction of sp³-hybridized carbons (Fsp3) is 0.571. The van der Waals surface area contributed by atoms with Crippen LogP contribution < -0.4 is 16.3 Å². The van der Waals surface area contributed by atoms with E-state index in [1.54, 1.807) is 0 Å². The van der Waals surface area contributed by atoms with Crippen LogP contribution in [0.1, 0.15) is 46.2 Å². The summed E-state index contributed by atoms with van der Waals surface area (Å²) >= 11 is 0. The molecule has 2 heterocycles. The molecule has 3 rings (SSSR count). The van der Waals surface area contributed by atoms with Crippen LogP contribution in [-0.2, 0) is 9.31 Å². The zero-order valence-electron chi connectivity index (χ0n) is 12.2. The van der Waals surface area contributed by atoms with Crippen molar-refractivity contribution < 1.29 is 9.31 Å². The second kappa shape index (κ2) is 3.98. The molecular weight excluding hydrogens is 239 g/mol. The molecule has 1 unspecified atom stereocenters. The molecular formula is C14H21BN2O2. The Morgan fingerprint density at radius 2 is 1.74 bits per heavy atom. The number of fused-ring (bicyclic) bond motifs is 1. The van der Waals surface area contributed by atoms with Crippen LogP contribution in [0.4, 0.5) is 5.69 Å². The Kier molecular flexibility index (Phi) is 2.72. The van der Waals surface area contributed by atoms with Gasteiger partial charge in [-0.05, 0) is 51.7 Å². The average Bonchev–Trinajstić information content (AvgIpc) is 2.78. The smallest absolute Gasteiger partial charge is 0.399 e. The Morgan fingerprint density at radius 3 is 2.37 bits per heavy atom. The highest BCUT2D eigenvalue weighted by molar-refractivity contribution is 6.62. The van der Waals surface area contributed by atoms with Gasteiger partial charge >= 0.3 is 7.12 Å². The van der Waals surface area contributed by atoms with Gasteiger partial charge in [-0.25, -0.2) is 5.43 Å². The normalized spacial score (nSPS) is 27.2. The van der Waals surface area contributed by atoms with Gasteiger partial charge in [0.05, 0.1) is 22.9 Å². The maximum Gasteiger partial charge on any atom is 0.494 e. The molecule has 1 atom stereocenters. The van der Waals surface area contributed by atoms with Crippen molar-refractivity contribution in [2.75, 3.05) is 5.43 Å². The van der Waals surface area contributed by atoms with Crippen molar-refractivity contribution in [3.63, 3.8) is 0 Å². The number of hydrogen-bond donors (Lipinski definition) is 2. The fourth-order valence-electron chi connectivity index (χ4n) is 2.44. The third-order valence-corrected chi connectivity index (χ3v) is 4.49. The van der Waals surface area contributed by atoms with Crippen LogP contribution >= 0.6 is 0 Å². The summed E-state index contributed by atoms with van der Waals surface area (Å²) in [5.41, 5.74) is 9.25. The SMILES string of the molecule is CC1NNc2ccc(B3OC(C)(C)C(C)(C)O3)cc21. The maximum atomic E-state index is 6.08. The highest BCUT2D eigenvalue weighted by Gasteiger charge is 2.51. The van der Waals surface area contributed by atoms with Gasteiger partial charge in [0.1, 0.15) is 0 Å². The monoisotopic (exact) mass is 260 g/mol. The molecule has 0 aliphatic carbocycles. The Hall–Kier alpha value is -1.04. The Bertz CT molecular complexity index is 500. The lowest BCUT2D eigenvalue weighted by Gasteiger charge is -2.32. The van der Waals surface area contributed by atoms with Gasteiger partial charge in [0, 0.05) is 0 Å². The largest absolute Gasteiger partial charge is 0.494 e. The molecule has 0 aromatic heterocycles. The molecule has 0 spiro atoms. The van der Waals surface area contributed by atoms with Gasteiger partial charge in [-0.2, -0.15) is 0 Å². The second-order valence-corrected chi connectivity index (χ2v) is 6.43. The number of nitrogens with one attached hydrogen (secondary N) is 2. The average molecular weight is 260 g/mol. The molecule has 0 bridgehead atoms. The highest BCUT2D eigenvalue weighted by atomic mass is 16.7. The minimum atomic E-state index is -0.293. The first-order valence-electron chi connectivity index (χ1n) is 6.81. The zero-order valence-corrected chi connectivity index (χ0v) is 12.2. The molecule has 2 N–H and O–H groups in total. The van der Waals surface area contributed by atoms with Crippen LogP contribution in [0, 0.1) is 0 Å². The van der Waals surface area contributed by atoms with E-state index < -0.39 is 0 Å². The minimum Gasteiger partial charge on any atom is -0.399 e. The lowest BCUT2D eigenvalue weighted by molar-refractivity contribution is 0.00578. The molecule has 0 saturated carbocycles. The van der Waals surface area contributed by atoms with E-state index in [0.717, 1.165) is 11.2 Å². The summed E-state index contributed by atoms with van der Waals surface area (Å²) in [5.74, 6) is 0. The van der Waals surface area contributed by atoms with Gasteiger partial charge in [0.25, 0.3) is 0 Å². The minimum absolute atomic E-state index is 0.289. The van der Waals surface area contributed by atoms with Gasteiger partial charge in [0.15, 0.2) is 0 Å². The number of benzene rings is 1. The van der Waals surface area contributed by atoms with E-state index in [1.165, 1.54) is 5.56 Å². The summed E-state index contributed by atoms with van der Waals surface area (Å²) in [6.07, 6.45) is 0. The van der Waals surface area contributed by atoms with Crippen molar-refractivity contribution in [3.05, 3.63) is 23.8 Å². The predicted molar refractivity (Wildman–Crippen MR) is 77.3 cm³/mol. The van der Waals surface area contributed by atoms with E-state index in [2.05, 4.69) is 63.7 Å². The van der Waals surface area contributed by atoms with Crippen molar-refractivity contribution in [3.8, 4) is 0 Å². The van der Waals surface area contributed by atoms with Crippen LogP contribution in [0.3, 0.4) is 0 Å². The molecule has 0 radical (unpaired) electrons. The molecule has 102 valence electrons. The molecule has 1 aromatic rings. The molecule has 5 heteroatoms. The number of rotatable bonds is 1. The van der Waals surface area contributed by atoms with Gasteiger partial charge < -0.3 is 14.7 Å².